The van der Waals surface area contributed by atoms with E-state index in [1.54, 1.807) is 6.08 Å². The Bertz CT molecular complexity index is 839. The molecule has 0 spiro atoms. The summed E-state index contributed by atoms with van der Waals surface area (Å²) in [6.45, 7) is 3.63. The molecular formula is C23H26N2O5. The van der Waals surface area contributed by atoms with Crippen LogP contribution in [-0.4, -0.2) is 35.2 Å². The zero-order valence-corrected chi connectivity index (χ0v) is 16.6. The van der Waals surface area contributed by atoms with E-state index in [1.165, 1.54) is 0 Å². The molecule has 0 fully saturated rings. The summed E-state index contributed by atoms with van der Waals surface area (Å²) >= 11 is 0. The van der Waals surface area contributed by atoms with Crippen molar-refractivity contribution in [2.45, 2.75) is 38.0 Å². The quantitative estimate of drug-likeness (QED) is 0.494. The molecule has 2 aromatic rings. The fourth-order valence-corrected chi connectivity index (χ4v) is 2.78. The van der Waals surface area contributed by atoms with Crippen molar-refractivity contribution in [2.24, 2.45) is 0 Å². The lowest BCUT2D eigenvalue weighted by atomic mass is 10.0. The number of carbonyl (C=O) groups excluding carboxylic acids is 2. The molecule has 0 aliphatic rings. The SMILES string of the molecule is C=CCC[C@H](NC(=O)[C@H](Cc1ccccc1)NC(=O)OCc1ccccc1)C(=O)O. The average molecular weight is 410 g/mol. The molecule has 2 rings (SSSR count). The van der Waals surface area contributed by atoms with Crippen molar-refractivity contribution in [3.8, 4) is 0 Å². The molecule has 2 atom stereocenters. The summed E-state index contributed by atoms with van der Waals surface area (Å²) in [5.74, 6) is -1.73. The molecule has 0 aliphatic carbocycles. The van der Waals surface area contributed by atoms with E-state index in [2.05, 4.69) is 17.2 Å². The Labute approximate surface area is 175 Å². The second kappa shape index (κ2) is 12.1. The third-order valence-corrected chi connectivity index (χ3v) is 4.38. The summed E-state index contributed by atoms with van der Waals surface area (Å²) in [5.41, 5.74) is 1.63. The molecule has 0 unspecified atom stereocenters. The Hall–Kier alpha value is -3.61. The minimum atomic E-state index is -1.14. The predicted molar refractivity (Wildman–Crippen MR) is 113 cm³/mol. The van der Waals surface area contributed by atoms with Gasteiger partial charge in [0.1, 0.15) is 18.7 Å². The van der Waals surface area contributed by atoms with Gasteiger partial charge >= 0.3 is 12.1 Å². The lowest BCUT2D eigenvalue weighted by Crippen LogP contribution is -2.52. The Morgan fingerprint density at radius 2 is 1.53 bits per heavy atom. The monoisotopic (exact) mass is 410 g/mol. The van der Waals surface area contributed by atoms with Crippen LogP contribution in [-0.2, 0) is 27.4 Å². The van der Waals surface area contributed by atoms with Crippen molar-refractivity contribution >= 4 is 18.0 Å². The van der Waals surface area contributed by atoms with Gasteiger partial charge in [0.05, 0.1) is 0 Å². The summed E-state index contributed by atoms with van der Waals surface area (Å²) in [5, 5.41) is 14.4. The number of ether oxygens (including phenoxy) is 1. The maximum Gasteiger partial charge on any atom is 0.408 e. The van der Waals surface area contributed by atoms with Crippen LogP contribution in [0.2, 0.25) is 0 Å². The smallest absolute Gasteiger partial charge is 0.408 e. The molecule has 0 aromatic heterocycles. The van der Waals surface area contributed by atoms with Crippen LogP contribution in [0.3, 0.4) is 0 Å². The molecule has 158 valence electrons. The third-order valence-electron chi connectivity index (χ3n) is 4.38. The Morgan fingerprint density at radius 3 is 2.10 bits per heavy atom. The summed E-state index contributed by atoms with van der Waals surface area (Å²) in [4.78, 5) is 36.5. The van der Waals surface area contributed by atoms with Crippen molar-refractivity contribution in [1.29, 1.82) is 0 Å². The highest BCUT2D eigenvalue weighted by atomic mass is 16.5. The molecule has 2 amide bonds. The molecule has 7 nitrogen and oxygen atoms in total. The number of aliphatic carboxylic acids is 1. The number of rotatable bonds is 11. The van der Waals surface area contributed by atoms with Crippen molar-refractivity contribution in [3.63, 3.8) is 0 Å². The zero-order chi connectivity index (χ0) is 21.8. The van der Waals surface area contributed by atoms with Crippen LogP contribution in [0.5, 0.6) is 0 Å². The number of amides is 2. The fraction of sp³-hybridized carbons (Fsp3) is 0.261. The summed E-state index contributed by atoms with van der Waals surface area (Å²) in [6.07, 6.45) is 1.67. The lowest BCUT2D eigenvalue weighted by Gasteiger charge is -2.21. The minimum Gasteiger partial charge on any atom is -0.480 e. The fourth-order valence-electron chi connectivity index (χ4n) is 2.78. The van der Waals surface area contributed by atoms with E-state index in [-0.39, 0.29) is 19.4 Å². The molecule has 30 heavy (non-hydrogen) atoms. The Balaban J connectivity index is 2.04. The summed E-state index contributed by atoms with van der Waals surface area (Å²) in [7, 11) is 0. The van der Waals surface area contributed by atoms with Crippen LogP contribution in [0, 0.1) is 0 Å². The molecule has 7 heteroatoms. The first-order valence-corrected chi connectivity index (χ1v) is 9.64. The average Bonchev–Trinajstić information content (AvgIpc) is 2.76. The molecule has 0 saturated heterocycles. The molecule has 0 saturated carbocycles. The largest absolute Gasteiger partial charge is 0.480 e. The van der Waals surface area contributed by atoms with E-state index in [0.717, 1.165) is 11.1 Å². The number of carboxylic acids is 1. The molecule has 2 aromatic carbocycles. The van der Waals surface area contributed by atoms with Gasteiger partial charge in [-0.15, -0.1) is 6.58 Å². The van der Waals surface area contributed by atoms with E-state index in [1.807, 2.05) is 60.7 Å². The number of benzene rings is 2. The number of hydrogen-bond acceptors (Lipinski definition) is 4. The van der Waals surface area contributed by atoms with E-state index < -0.39 is 30.1 Å². The van der Waals surface area contributed by atoms with Crippen molar-refractivity contribution in [3.05, 3.63) is 84.4 Å². The molecule has 0 heterocycles. The highest BCUT2D eigenvalue weighted by Crippen LogP contribution is 2.07. The highest BCUT2D eigenvalue weighted by molar-refractivity contribution is 5.89. The van der Waals surface area contributed by atoms with Gasteiger partial charge in [0.2, 0.25) is 5.91 Å². The molecule has 0 bridgehead atoms. The number of carbonyl (C=O) groups is 3. The van der Waals surface area contributed by atoms with E-state index in [4.69, 9.17) is 4.74 Å². The number of carboxylic acid groups (broad SMARTS) is 1. The number of allylic oxidation sites excluding steroid dienone is 1. The first-order chi connectivity index (χ1) is 14.5. The van der Waals surface area contributed by atoms with Gasteiger partial charge in [0.15, 0.2) is 0 Å². The van der Waals surface area contributed by atoms with Gasteiger partial charge in [0, 0.05) is 6.42 Å². The summed E-state index contributed by atoms with van der Waals surface area (Å²) < 4.78 is 5.20. The number of alkyl carbamates (subject to hydrolysis) is 1. The topological polar surface area (TPSA) is 105 Å². The maximum atomic E-state index is 12.8. The van der Waals surface area contributed by atoms with Crippen LogP contribution in [0.15, 0.2) is 73.3 Å². The van der Waals surface area contributed by atoms with Crippen LogP contribution >= 0.6 is 0 Å². The van der Waals surface area contributed by atoms with Gasteiger partial charge in [-0.25, -0.2) is 9.59 Å². The molecule has 3 N–H and O–H groups in total. The van der Waals surface area contributed by atoms with Gasteiger partial charge in [0.25, 0.3) is 0 Å². The van der Waals surface area contributed by atoms with Gasteiger partial charge in [-0.1, -0.05) is 66.7 Å². The summed E-state index contributed by atoms with van der Waals surface area (Å²) in [6, 6.07) is 16.2. The lowest BCUT2D eigenvalue weighted by molar-refractivity contribution is -0.142. The van der Waals surface area contributed by atoms with Crippen molar-refractivity contribution in [1.82, 2.24) is 10.6 Å². The second-order valence-electron chi connectivity index (χ2n) is 6.71. The number of hydrogen-bond donors (Lipinski definition) is 3. The van der Waals surface area contributed by atoms with E-state index in [0.29, 0.717) is 6.42 Å². The van der Waals surface area contributed by atoms with Crippen LogP contribution in [0.4, 0.5) is 4.79 Å². The maximum absolute atomic E-state index is 12.8. The first-order valence-electron chi connectivity index (χ1n) is 9.64. The van der Waals surface area contributed by atoms with Crippen LogP contribution in [0.1, 0.15) is 24.0 Å². The van der Waals surface area contributed by atoms with Crippen LogP contribution < -0.4 is 10.6 Å². The zero-order valence-electron chi connectivity index (χ0n) is 16.6. The van der Waals surface area contributed by atoms with Crippen LogP contribution in [0.25, 0.3) is 0 Å². The molecule has 0 radical (unpaired) electrons. The van der Waals surface area contributed by atoms with Crippen molar-refractivity contribution in [2.75, 3.05) is 0 Å². The van der Waals surface area contributed by atoms with Crippen molar-refractivity contribution < 1.29 is 24.2 Å². The first kappa shape index (κ1) is 22.7. The van der Waals surface area contributed by atoms with E-state index in [9.17, 15) is 19.5 Å². The minimum absolute atomic E-state index is 0.0590. The van der Waals surface area contributed by atoms with Gasteiger partial charge in [-0.05, 0) is 24.0 Å². The third kappa shape index (κ3) is 7.79. The normalized spacial score (nSPS) is 12.3. The Kier molecular flexibility index (Phi) is 9.12. The van der Waals surface area contributed by atoms with Gasteiger partial charge in [-0.3, -0.25) is 4.79 Å². The standard InChI is InChI=1S/C23H26N2O5/c1-2-3-14-19(22(27)28)24-21(26)20(15-17-10-6-4-7-11-17)25-23(29)30-16-18-12-8-5-9-13-18/h2,4-13,19-20H,1,3,14-16H2,(H,24,26)(H,25,29)(H,27,28)/t19-,20-/m0/s1. The van der Waals surface area contributed by atoms with Gasteiger partial charge in [-0.2, -0.15) is 0 Å². The van der Waals surface area contributed by atoms with E-state index >= 15 is 0 Å². The Morgan fingerprint density at radius 1 is 0.933 bits per heavy atom. The highest BCUT2D eigenvalue weighted by Gasteiger charge is 2.27. The molecule has 0 aliphatic heterocycles. The van der Waals surface area contributed by atoms with Gasteiger partial charge < -0.3 is 20.5 Å². The molecular weight excluding hydrogens is 384 g/mol. The number of nitrogens with one attached hydrogen (secondary N) is 2. The predicted octanol–water partition coefficient (Wildman–Crippen LogP) is 3.06. The second-order valence-corrected chi connectivity index (χ2v) is 6.71.